The fourth-order valence-corrected chi connectivity index (χ4v) is 1.63. The summed E-state index contributed by atoms with van der Waals surface area (Å²) in [6.07, 6.45) is 1.22. The molecule has 0 aliphatic heterocycles. The van der Waals surface area contributed by atoms with E-state index >= 15 is 0 Å². The van der Waals surface area contributed by atoms with Gasteiger partial charge in [-0.25, -0.2) is 0 Å². The van der Waals surface area contributed by atoms with E-state index in [0.717, 1.165) is 5.02 Å². The number of hydrogen-bond donors (Lipinski definition) is 2. The molecule has 0 heterocycles. The van der Waals surface area contributed by atoms with Gasteiger partial charge in [-0.1, -0.05) is 53.6 Å². The Morgan fingerprint density at radius 2 is 1.50 bits per heavy atom. The molecule has 0 bridgehead atoms. The van der Waals surface area contributed by atoms with E-state index < -0.39 is 5.97 Å². The van der Waals surface area contributed by atoms with Crippen molar-refractivity contribution in [2.75, 3.05) is 13.7 Å². The zero-order chi connectivity index (χ0) is 17.7. The van der Waals surface area contributed by atoms with Crippen LogP contribution in [0.25, 0.3) is 11.1 Å². The van der Waals surface area contributed by atoms with Gasteiger partial charge in [0.05, 0.1) is 13.7 Å². The molecule has 0 unspecified atom stereocenters. The third-order valence-electron chi connectivity index (χ3n) is 2.54. The van der Waals surface area contributed by atoms with Gasteiger partial charge in [0.1, 0.15) is 0 Å². The number of hydrogen-bond acceptors (Lipinski definition) is 2. The third kappa shape index (κ3) is 9.52. The summed E-state index contributed by atoms with van der Waals surface area (Å²) in [7, 11) is 0.500. The molecule has 1 amide bonds. The summed E-state index contributed by atoms with van der Waals surface area (Å²) in [6, 6.07) is 16.4. The first-order chi connectivity index (χ1) is 11.0. The molecule has 0 aromatic heterocycles. The standard InChI is InChI=1S/C13H11Cl.C3H4NO3.CH3F.Fm/c1-10-2-4-11(5-3-10)12-6-8-13(14)9-7-12;5-2-4-1-3(6)7;1-2;/h2-9H,1H3;1H2,(H,4,5)(H,6,7);1H3;/q;-1;;. The van der Waals surface area contributed by atoms with E-state index in [2.05, 4.69) is 31.2 Å². The van der Waals surface area contributed by atoms with Crippen LogP contribution in [0.1, 0.15) is 5.56 Å². The van der Waals surface area contributed by atoms with Crippen molar-refractivity contribution in [2.45, 2.75) is 6.92 Å². The van der Waals surface area contributed by atoms with Crippen LogP contribution in [-0.2, 0) is 9.59 Å². The second-order valence-electron chi connectivity index (χ2n) is 4.22. The second kappa shape index (κ2) is 13.3. The molecule has 136 valence electrons. The number of nitrogens with one attached hydrogen (secondary N) is 1. The van der Waals surface area contributed by atoms with E-state index in [9.17, 15) is 14.0 Å². The van der Waals surface area contributed by atoms with Crippen molar-refractivity contribution in [3.05, 3.63) is 59.1 Å². The number of carboxylic acids is 1. The van der Waals surface area contributed by atoms with Gasteiger partial charge in [-0.05, 0) is 30.2 Å². The Morgan fingerprint density at radius 1 is 1.08 bits per heavy atom. The van der Waals surface area contributed by atoms with Gasteiger partial charge in [-0.15, -0.1) is 0 Å². The van der Waals surface area contributed by atoms with Crippen LogP contribution in [0.4, 0.5) is 4.39 Å². The molecular formula is C17H18ClFFmNO3-. The quantitative estimate of drug-likeness (QED) is 0.419. The minimum atomic E-state index is -1.07. The van der Waals surface area contributed by atoms with Crippen molar-refractivity contribution in [2.24, 2.45) is 0 Å². The molecule has 2 aromatic rings. The van der Waals surface area contributed by atoms with E-state index in [1.807, 2.05) is 29.6 Å². The second-order valence-corrected chi connectivity index (χ2v) is 4.66. The molecule has 2 rings (SSSR count). The molecule has 0 saturated heterocycles. The molecular weight excluding hydrogens is 578 g/mol. The first kappa shape index (κ1) is 22.9. The Morgan fingerprint density at radius 3 is 1.83 bits per heavy atom. The van der Waals surface area contributed by atoms with Gasteiger partial charge < -0.3 is 15.2 Å². The molecule has 2 aromatic carbocycles. The van der Waals surface area contributed by atoms with Crippen LogP contribution in [0.15, 0.2) is 48.5 Å². The molecule has 7 heteroatoms. The molecule has 0 radical (unpaired) electrons. The fourth-order valence-electron chi connectivity index (χ4n) is 1.50. The molecule has 4 nitrogen and oxygen atoms in total. The predicted molar refractivity (Wildman–Crippen MR) is 90.0 cm³/mol. The maximum Gasteiger partial charge on any atom is 0.320 e. The maximum absolute atomic E-state index is 9.52. The monoisotopic (exact) mass is 595 g/mol. The van der Waals surface area contributed by atoms with Gasteiger partial charge in [-0.2, -0.15) is 6.41 Å². The SMILES string of the molecule is CF.Cc1ccc(-c2ccc(Cl)cc2)cc1.O=[C-]NCC(=O)O.[Fm]. The van der Waals surface area contributed by atoms with Crippen LogP contribution in [-0.4, -0.2) is 31.2 Å². The van der Waals surface area contributed by atoms with Crippen molar-refractivity contribution in [1.29, 1.82) is 0 Å². The van der Waals surface area contributed by atoms with Gasteiger partial charge in [-0.3, -0.25) is 9.18 Å². The summed E-state index contributed by atoms with van der Waals surface area (Å²) in [5, 5.41) is 10.4. The molecule has 0 atom stereocenters. The van der Waals surface area contributed by atoms with Crippen molar-refractivity contribution in [1.82, 2.24) is 5.32 Å². The third-order valence-corrected chi connectivity index (χ3v) is 2.79. The number of benzene rings is 2. The molecule has 24 heavy (non-hydrogen) atoms. The Hall–Kier alpha value is -3.40. The Kier molecular flexibility index (Phi) is 12.7. The van der Waals surface area contributed by atoms with Crippen LogP contribution in [0.2, 0.25) is 5.02 Å². The molecule has 0 aliphatic carbocycles. The van der Waals surface area contributed by atoms with Crippen molar-refractivity contribution < 1.29 is 19.1 Å². The topological polar surface area (TPSA) is 66.4 Å². The fraction of sp³-hybridized carbons (Fsp3) is 0.176. The first-order valence-corrected chi connectivity index (χ1v) is 6.93. The van der Waals surface area contributed by atoms with Crippen LogP contribution >= 0.6 is 11.6 Å². The Balaban J connectivity index is 0. The number of carboxylic acid groups (broad SMARTS) is 1. The van der Waals surface area contributed by atoms with E-state index in [1.165, 1.54) is 23.1 Å². The van der Waals surface area contributed by atoms with Gasteiger partial charge in [0.25, 0.3) is 0 Å². The summed E-state index contributed by atoms with van der Waals surface area (Å²) < 4.78 is 9.50. The van der Waals surface area contributed by atoms with E-state index in [0.29, 0.717) is 7.18 Å². The number of alkyl halides is 1. The number of carbonyl (C=O) groups excluding carboxylic acids is 1. The summed E-state index contributed by atoms with van der Waals surface area (Å²) in [5.41, 5.74) is 3.71. The minimum absolute atomic E-state index is 0. The van der Waals surface area contributed by atoms with E-state index in [4.69, 9.17) is 16.7 Å². The van der Waals surface area contributed by atoms with Crippen molar-refractivity contribution in [3.8, 4) is 11.1 Å². The Labute approximate surface area is 139 Å². The van der Waals surface area contributed by atoms with E-state index in [1.54, 1.807) is 0 Å². The number of carbonyl (C=O) groups is 1. The van der Waals surface area contributed by atoms with Gasteiger partial charge in [0, 0.05) is 5.02 Å². The average Bonchev–Trinajstić information content (AvgIpc) is 2.57. The molecule has 0 fully saturated rings. The minimum Gasteiger partial charge on any atom is -0.521 e. The van der Waals surface area contributed by atoms with Gasteiger partial charge in [0.15, 0.2) is 0 Å². The molecule has 0 spiro atoms. The van der Waals surface area contributed by atoms with E-state index in [-0.39, 0.29) is 6.54 Å². The Bertz CT molecular complexity index is 548. The summed E-state index contributed by atoms with van der Waals surface area (Å²) >= 11 is 5.82. The normalized spacial score (nSPS) is 8.33. The number of aliphatic carboxylic acids is 1. The molecule has 2 N–H and O–H groups in total. The van der Waals surface area contributed by atoms with Gasteiger partial charge >= 0.3 is 5.97 Å². The molecule has 0 saturated carbocycles. The van der Waals surface area contributed by atoms with Crippen molar-refractivity contribution in [3.63, 3.8) is 0 Å². The first-order valence-electron chi connectivity index (χ1n) is 6.55. The maximum atomic E-state index is 9.52. The number of rotatable bonds is 4. The largest absolute Gasteiger partial charge is 0.521 e. The van der Waals surface area contributed by atoms with Crippen molar-refractivity contribution >= 4 is 24.0 Å². The summed E-state index contributed by atoms with van der Waals surface area (Å²) in [6.45, 7) is 1.73. The van der Waals surface area contributed by atoms with Gasteiger partial charge in [0.2, 0.25) is 0 Å². The zero-order valence-electron chi connectivity index (χ0n) is 13.1. The summed E-state index contributed by atoms with van der Waals surface area (Å²) in [4.78, 5) is 18.7. The summed E-state index contributed by atoms with van der Waals surface area (Å²) in [5.74, 6) is -1.07. The smallest absolute Gasteiger partial charge is 0.320 e. The zero-order valence-corrected chi connectivity index (χ0v) is 16.3. The predicted octanol–water partition coefficient (Wildman–Crippen LogP) is 3.63. The molecule has 0 aliphatic rings. The average molecular weight is 596 g/mol. The number of halogens is 2. The van der Waals surface area contributed by atoms with Crippen LogP contribution in [0, 0.1) is 6.92 Å². The number of aryl methyl sites for hydroxylation is 1. The van der Waals surface area contributed by atoms with Crippen LogP contribution < -0.4 is 5.32 Å². The van der Waals surface area contributed by atoms with Crippen LogP contribution in [0.5, 0.6) is 0 Å². The van der Waals surface area contributed by atoms with Crippen LogP contribution in [0.3, 0.4) is 0 Å². The number of amides is 1.